The van der Waals surface area contributed by atoms with Crippen LogP contribution in [0.25, 0.3) is 0 Å². The fourth-order valence-corrected chi connectivity index (χ4v) is 3.12. The van der Waals surface area contributed by atoms with Crippen LogP contribution in [-0.4, -0.2) is 29.4 Å². The molecule has 1 heterocycles. The van der Waals surface area contributed by atoms with Gasteiger partial charge >= 0.3 is 0 Å². The average Bonchev–Trinajstić information content (AvgIpc) is 2.40. The molecule has 1 aliphatic rings. The lowest BCUT2D eigenvalue weighted by molar-refractivity contribution is -0.134. The number of likely N-dealkylation sites (tertiary alicyclic amines) is 1. The number of carbonyl (C=O) groups excluding carboxylic acids is 1. The first-order valence-corrected chi connectivity index (χ1v) is 7.72. The van der Waals surface area contributed by atoms with Crippen LogP contribution in [0.2, 0.25) is 10.0 Å². The molecule has 0 aliphatic carbocycles. The van der Waals surface area contributed by atoms with Gasteiger partial charge in [-0.15, -0.1) is 0 Å². The lowest BCUT2D eigenvalue weighted by Crippen LogP contribution is -2.48. The van der Waals surface area contributed by atoms with Gasteiger partial charge in [-0.05, 0) is 37.8 Å². The van der Waals surface area contributed by atoms with Crippen molar-refractivity contribution in [2.75, 3.05) is 6.54 Å². The van der Waals surface area contributed by atoms with Crippen molar-refractivity contribution in [1.82, 2.24) is 4.90 Å². The molecular weight excluding hydrogens is 295 g/mol. The number of hydrogen-bond donors (Lipinski definition) is 1. The number of rotatable bonds is 3. The second kappa shape index (κ2) is 6.79. The summed E-state index contributed by atoms with van der Waals surface area (Å²) in [6.07, 6.45) is 2.84. The molecule has 110 valence electrons. The third kappa shape index (κ3) is 3.66. The van der Waals surface area contributed by atoms with Crippen LogP contribution in [0.15, 0.2) is 18.2 Å². The molecule has 2 rings (SSSR count). The van der Waals surface area contributed by atoms with Crippen molar-refractivity contribution in [2.45, 2.75) is 44.7 Å². The van der Waals surface area contributed by atoms with Crippen molar-refractivity contribution in [3.05, 3.63) is 33.8 Å². The van der Waals surface area contributed by atoms with Crippen LogP contribution >= 0.6 is 23.2 Å². The number of benzene rings is 1. The SMILES string of the molecule is C[C@H]1C[C@H](N)CCN1C(=O)CCc1cccc(Cl)c1Cl. The summed E-state index contributed by atoms with van der Waals surface area (Å²) in [5, 5.41) is 1.09. The van der Waals surface area contributed by atoms with Gasteiger partial charge in [0, 0.05) is 25.0 Å². The van der Waals surface area contributed by atoms with Crippen LogP contribution in [0.3, 0.4) is 0 Å². The Morgan fingerprint density at radius 2 is 2.20 bits per heavy atom. The Hall–Kier alpha value is -0.770. The van der Waals surface area contributed by atoms with Crippen LogP contribution in [-0.2, 0) is 11.2 Å². The molecule has 1 aromatic rings. The number of nitrogens with zero attached hydrogens (tertiary/aromatic N) is 1. The lowest BCUT2D eigenvalue weighted by Gasteiger charge is -2.36. The molecule has 20 heavy (non-hydrogen) atoms. The van der Waals surface area contributed by atoms with Gasteiger partial charge in [0.1, 0.15) is 0 Å². The first-order valence-electron chi connectivity index (χ1n) is 6.97. The zero-order valence-electron chi connectivity index (χ0n) is 11.6. The number of carbonyl (C=O) groups is 1. The number of halogens is 2. The highest BCUT2D eigenvalue weighted by molar-refractivity contribution is 6.42. The number of aryl methyl sites for hydroxylation is 1. The standard InChI is InChI=1S/C15H20Cl2N2O/c1-10-9-12(18)7-8-19(10)14(20)6-5-11-3-2-4-13(16)15(11)17/h2-4,10,12H,5-9,18H2,1H3/t10-,12+/m0/s1. The highest BCUT2D eigenvalue weighted by Gasteiger charge is 2.26. The highest BCUT2D eigenvalue weighted by Crippen LogP contribution is 2.27. The minimum Gasteiger partial charge on any atom is -0.340 e. The van der Waals surface area contributed by atoms with Gasteiger partial charge in [0.05, 0.1) is 10.0 Å². The Bertz CT molecular complexity index is 493. The predicted molar refractivity (Wildman–Crippen MR) is 83.2 cm³/mol. The van der Waals surface area contributed by atoms with Gasteiger partial charge in [0.25, 0.3) is 0 Å². The molecule has 0 saturated carbocycles. The summed E-state index contributed by atoms with van der Waals surface area (Å²) >= 11 is 12.1. The molecule has 1 aliphatic heterocycles. The van der Waals surface area contributed by atoms with Crippen molar-refractivity contribution in [3.63, 3.8) is 0 Å². The summed E-state index contributed by atoms with van der Waals surface area (Å²) in [6.45, 7) is 2.81. The van der Waals surface area contributed by atoms with Crippen LogP contribution in [0.5, 0.6) is 0 Å². The molecule has 2 N–H and O–H groups in total. The van der Waals surface area contributed by atoms with Crippen LogP contribution < -0.4 is 5.73 Å². The zero-order chi connectivity index (χ0) is 14.7. The second-order valence-electron chi connectivity index (χ2n) is 5.43. The van der Waals surface area contributed by atoms with Gasteiger partial charge in [-0.2, -0.15) is 0 Å². The van der Waals surface area contributed by atoms with E-state index in [-0.39, 0.29) is 18.0 Å². The molecule has 1 amide bonds. The monoisotopic (exact) mass is 314 g/mol. The van der Waals surface area contributed by atoms with E-state index >= 15 is 0 Å². The first-order chi connectivity index (χ1) is 9.49. The number of amides is 1. The first kappa shape index (κ1) is 15.6. The van der Waals surface area contributed by atoms with Gasteiger partial charge in [-0.25, -0.2) is 0 Å². The summed E-state index contributed by atoms with van der Waals surface area (Å²) < 4.78 is 0. The quantitative estimate of drug-likeness (QED) is 0.930. The van der Waals surface area contributed by atoms with Crippen molar-refractivity contribution < 1.29 is 4.79 Å². The third-order valence-electron chi connectivity index (χ3n) is 3.88. The second-order valence-corrected chi connectivity index (χ2v) is 6.22. The van der Waals surface area contributed by atoms with Gasteiger partial charge in [0.15, 0.2) is 0 Å². The zero-order valence-corrected chi connectivity index (χ0v) is 13.1. The minimum atomic E-state index is 0.167. The van der Waals surface area contributed by atoms with Crippen LogP contribution in [0.1, 0.15) is 31.7 Å². The molecule has 0 aromatic heterocycles. The van der Waals surface area contributed by atoms with E-state index in [1.54, 1.807) is 6.07 Å². The van der Waals surface area contributed by atoms with Crippen molar-refractivity contribution in [1.29, 1.82) is 0 Å². The minimum absolute atomic E-state index is 0.167. The Morgan fingerprint density at radius 1 is 1.45 bits per heavy atom. The molecule has 0 bridgehead atoms. The largest absolute Gasteiger partial charge is 0.340 e. The van der Waals surface area contributed by atoms with E-state index in [1.807, 2.05) is 17.0 Å². The molecule has 2 atom stereocenters. The lowest BCUT2D eigenvalue weighted by atomic mass is 9.98. The topological polar surface area (TPSA) is 46.3 Å². The van der Waals surface area contributed by atoms with E-state index in [0.717, 1.165) is 24.9 Å². The molecule has 0 spiro atoms. The fraction of sp³-hybridized carbons (Fsp3) is 0.533. The Labute approximate surface area is 130 Å². The smallest absolute Gasteiger partial charge is 0.223 e. The van der Waals surface area contributed by atoms with E-state index in [9.17, 15) is 4.79 Å². The number of piperidine rings is 1. The highest BCUT2D eigenvalue weighted by atomic mass is 35.5. The van der Waals surface area contributed by atoms with E-state index in [2.05, 4.69) is 6.92 Å². The maximum absolute atomic E-state index is 12.3. The normalized spacial score (nSPS) is 22.9. The van der Waals surface area contributed by atoms with Crippen molar-refractivity contribution in [2.24, 2.45) is 5.73 Å². The Morgan fingerprint density at radius 3 is 2.90 bits per heavy atom. The molecule has 1 fully saturated rings. The Kier molecular flexibility index (Phi) is 5.30. The van der Waals surface area contributed by atoms with Gasteiger partial charge in [-0.1, -0.05) is 35.3 Å². The molecule has 3 nitrogen and oxygen atoms in total. The van der Waals surface area contributed by atoms with Crippen LogP contribution in [0.4, 0.5) is 0 Å². The average molecular weight is 315 g/mol. The molecular formula is C15H20Cl2N2O. The molecule has 0 radical (unpaired) electrons. The van der Waals surface area contributed by atoms with E-state index in [1.165, 1.54) is 0 Å². The summed E-state index contributed by atoms with van der Waals surface area (Å²) in [5.41, 5.74) is 6.84. The van der Waals surface area contributed by atoms with E-state index < -0.39 is 0 Å². The summed E-state index contributed by atoms with van der Waals surface area (Å²) in [4.78, 5) is 14.2. The maximum Gasteiger partial charge on any atom is 0.223 e. The molecule has 0 unspecified atom stereocenters. The molecule has 5 heteroatoms. The van der Waals surface area contributed by atoms with Crippen LogP contribution in [0, 0.1) is 0 Å². The Balaban J connectivity index is 1.93. The number of nitrogens with two attached hydrogens (primary N) is 1. The van der Waals surface area contributed by atoms with E-state index in [0.29, 0.717) is 22.9 Å². The number of hydrogen-bond acceptors (Lipinski definition) is 2. The molecule has 1 saturated heterocycles. The van der Waals surface area contributed by atoms with Gasteiger partial charge in [0.2, 0.25) is 5.91 Å². The maximum atomic E-state index is 12.3. The van der Waals surface area contributed by atoms with Crippen molar-refractivity contribution in [3.8, 4) is 0 Å². The summed E-state index contributed by atoms with van der Waals surface area (Å²) in [7, 11) is 0. The molecule has 1 aromatic carbocycles. The summed E-state index contributed by atoms with van der Waals surface area (Å²) in [6, 6.07) is 5.97. The van der Waals surface area contributed by atoms with Gasteiger partial charge < -0.3 is 10.6 Å². The fourth-order valence-electron chi connectivity index (χ4n) is 2.71. The predicted octanol–water partition coefficient (Wildman–Crippen LogP) is 3.26. The third-order valence-corrected chi connectivity index (χ3v) is 4.73. The summed E-state index contributed by atoms with van der Waals surface area (Å²) in [5.74, 6) is 0.167. The van der Waals surface area contributed by atoms with Crippen molar-refractivity contribution >= 4 is 29.1 Å². The van der Waals surface area contributed by atoms with Gasteiger partial charge in [-0.3, -0.25) is 4.79 Å². The van der Waals surface area contributed by atoms with E-state index in [4.69, 9.17) is 28.9 Å².